The number of carboxylic acids is 1. The zero-order chi connectivity index (χ0) is 25.2. The first-order valence-electron chi connectivity index (χ1n) is 10.6. The highest BCUT2D eigenvalue weighted by atomic mass is 19.4. The lowest BCUT2D eigenvalue weighted by Gasteiger charge is -2.14. The summed E-state index contributed by atoms with van der Waals surface area (Å²) in [4.78, 5) is 14.8. The van der Waals surface area contributed by atoms with Gasteiger partial charge < -0.3 is 14.8 Å². The van der Waals surface area contributed by atoms with Gasteiger partial charge in [-0.05, 0) is 47.5 Å². The molecule has 0 aliphatic heterocycles. The van der Waals surface area contributed by atoms with Crippen LogP contribution in [0.15, 0.2) is 59.0 Å². The number of fused-ring (bicyclic) bond motifs is 1. The van der Waals surface area contributed by atoms with E-state index in [1.807, 2.05) is 0 Å². The van der Waals surface area contributed by atoms with Gasteiger partial charge in [0.1, 0.15) is 17.2 Å². The summed E-state index contributed by atoms with van der Waals surface area (Å²) < 4.78 is 75.2. The van der Waals surface area contributed by atoms with E-state index >= 15 is 0 Å². The van der Waals surface area contributed by atoms with Crippen molar-refractivity contribution in [1.29, 1.82) is 0 Å². The standard InChI is InChI=1S/C25H19F5N2O3/c26-19-2-1-3-20(27)17(19)11-15-5-6-16(12-18(15)25(28,29)30)24-32-21-7-4-14(10-22(21)35-24)13-31-9-8-23(33)34/h1-7,10,12,31H,8-9,11,13H2,(H,33,34). The van der Waals surface area contributed by atoms with Gasteiger partial charge in [0.2, 0.25) is 5.89 Å². The lowest BCUT2D eigenvalue weighted by molar-refractivity contribution is -0.138. The Hall–Kier alpha value is -3.79. The topological polar surface area (TPSA) is 75.4 Å². The van der Waals surface area contributed by atoms with Crippen LogP contribution in [0.5, 0.6) is 0 Å². The monoisotopic (exact) mass is 490 g/mol. The number of rotatable bonds is 8. The fourth-order valence-corrected chi connectivity index (χ4v) is 3.65. The molecule has 2 N–H and O–H groups in total. The van der Waals surface area contributed by atoms with E-state index in [4.69, 9.17) is 9.52 Å². The summed E-state index contributed by atoms with van der Waals surface area (Å²) in [6.45, 7) is 0.650. The number of benzene rings is 3. The maximum atomic E-state index is 14.0. The van der Waals surface area contributed by atoms with Crippen LogP contribution in [0.1, 0.15) is 28.7 Å². The number of aliphatic carboxylic acids is 1. The van der Waals surface area contributed by atoms with Crippen molar-refractivity contribution in [2.45, 2.75) is 25.6 Å². The Bertz CT molecular complexity index is 1360. The lowest BCUT2D eigenvalue weighted by Crippen LogP contribution is -2.17. The minimum atomic E-state index is -4.77. The van der Waals surface area contributed by atoms with Crippen LogP contribution in [0, 0.1) is 11.6 Å². The molecule has 0 aliphatic carbocycles. The zero-order valence-electron chi connectivity index (χ0n) is 18.1. The molecule has 0 amide bonds. The van der Waals surface area contributed by atoms with E-state index in [2.05, 4.69) is 10.3 Å². The van der Waals surface area contributed by atoms with Gasteiger partial charge in [0, 0.05) is 30.6 Å². The maximum Gasteiger partial charge on any atom is 0.416 e. The van der Waals surface area contributed by atoms with Crippen molar-refractivity contribution < 1.29 is 36.3 Å². The van der Waals surface area contributed by atoms with Crippen LogP contribution in [0.25, 0.3) is 22.6 Å². The van der Waals surface area contributed by atoms with Crippen molar-refractivity contribution >= 4 is 17.1 Å². The normalized spacial score (nSPS) is 11.8. The minimum Gasteiger partial charge on any atom is -0.481 e. The smallest absolute Gasteiger partial charge is 0.416 e. The number of halogens is 5. The molecule has 0 aliphatic rings. The Labute approximate surface area is 196 Å². The molecule has 1 aromatic heterocycles. The predicted molar refractivity (Wildman–Crippen MR) is 118 cm³/mol. The van der Waals surface area contributed by atoms with Crippen molar-refractivity contribution in [2.24, 2.45) is 0 Å². The molecule has 10 heteroatoms. The summed E-state index contributed by atoms with van der Waals surface area (Å²) in [5, 5.41) is 11.7. The van der Waals surface area contributed by atoms with Crippen molar-refractivity contribution in [3.63, 3.8) is 0 Å². The molecule has 182 valence electrons. The third kappa shape index (κ3) is 5.65. The van der Waals surface area contributed by atoms with Crippen LogP contribution >= 0.6 is 0 Å². The van der Waals surface area contributed by atoms with Gasteiger partial charge in [-0.2, -0.15) is 13.2 Å². The molecule has 3 aromatic carbocycles. The van der Waals surface area contributed by atoms with E-state index in [0.29, 0.717) is 17.6 Å². The molecule has 0 radical (unpaired) electrons. The Kier molecular flexibility index (Phi) is 6.83. The van der Waals surface area contributed by atoms with Gasteiger partial charge >= 0.3 is 12.1 Å². The average molecular weight is 490 g/mol. The van der Waals surface area contributed by atoms with Crippen LogP contribution in [0.2, 0.25) is 0 Å². The first-order valence-corrected chi connectivity index (χ1v) is 10.6. The Morgan fingerprint density at radius 1 is 1.03 bits per heavy atom. The largest absolute Gasteiger partial charge is 0.481 e. The average Bonchev–Trinajstić information content (AvgIpc) is 3.22. The summed E-state index contributed by atoms with van der Waals surface area (Å²) in [6.07, 6.45) is -5.37. The summed E-state index contributed by atoms with van der Waals surface area (Å²) in [5.41, 5.74) is -0.142. The second-order valence-corrected chi connectivity index (χ2v) is 7.89. The number of hydrogen-bond donors (Lipinski definition) is 2. The van der Waals surface area contributed by atoms with Gasteiger partial charge in [-0.3, -0.25) is 4.79 Å². The molecule has 0 saturated heterocycles. The van der Waals surface area contributed by atoms with E-state index in [-0.39, 0.29) is 30.0 Å². The van der Waals surface area contributed by atoms with E-state index in [0.717, 1.165) is 35.9 Å². The Balaban J connectivity index is 1.63. The predicted octanol–water partition coefficient (Wildman–Crippen LogP) is 5.95. The molecule has 0 unspecified atom stereocenters. The summed E-state index contributed by atoms with van der Waals surface area (Å²) >= 11 is 0. The van der Waals surface area contributed by atoms with Crippen LogP contribution in [-0.2, 0) is 23.9 Å². The number of oxazole rings is 1. The lowest BCUT2D eigenvalue weighted by atomic mass is 9.96. The van der Waals surface area contributed by atoms with Crippen molar-refractivity contribution in [3.8, 4) is 11.5 Å². The third-order valence-electron chi connectivity index (χ3n) is 5.39. The number of alkyl halides is 3. The molecule has 0 fully saturated rings. The van der Waals surface area contributed by atoms with Gasteiger partial charge in [-0.15, -0.1) is 0 Å². The number of nitrogens with one attached hydrogen (secondary N) is 1. The molecule has 1 heterocycles. The van der Waals surface area contributed by atoms with Crippen LogP contribution < -0.4 is 5.32 Å². The van der Waals surface area contributed by atoms with Crippen LogP contribution in [-0.4, -0.2) is 22.6 Å². The third-order valence-corrected chi connectivity index (χ3v) is 5.39. The quantitative estimate of drug-likeness (QED) is 0.236. The summed E-state index contributed by atoms with van der Waals surface area (Å²) in [5.74, 6) is -2.80. The highest BCUT2D eigenvalue weighted by Crippen LogP contribution is 2.37. The van der Waals surface area contributed by atoms with Crippen LogP contribution in [0.3, 0.4) is 0 Å². The van der Waals surface area contributed by atoms with Gasteiger partial charge in [0.05, 0.1) is 12.0 Å². The molecule has 5 nitrogen and oxygen atoms in total. The zero-order valence-corrected chi connectivity index (χ0v) is 18.1. The highest BCUT2D eigenvalue weighted by Gasteiger charge is 2.34. The van der Waals surface area contributed by atoms with Crippen molar-refractivity contribution in [3.05, 3.63) is 88.5 Å². The number of hydrogen-bond acceptors (Lipinski definition) is 4. The molecule has 4 rings (SSSR count). The number of carboxylic acid groups (broad SMARTS) is 1. The first kappa shape index (κ1) is 24.3. The number of nitrogens with zero attached hydrogens (tertiary/aromatic N) is 1. The van der Waals surface area contributed by atoms with Crippen LogP contribution in [0.4, 0.5) is 22.0 Å². The van der Waals surface area contributed by atoms with Crippen molar-refractivity contribution in [2.75, 3.05) is 6.54 Å². The fourth-order valence-electron chi connectivity index (χ4n) is 3.65. The van der Waals surface area contributed by atoms with Gasteiger partial charge in [0.15, 0.2) is 5.58 Å². The van der Waals surface area contributed by atoms with Crippen molar-refractivity contribution in [1.82, 2.24) is 10.3 Å². The molecular formula is C25H19F5N2O3. The highest BCUT2D eigenvalue weighted by molar-refractivity contribution is 5.77. The Morgan fingerprint density at radius 3 is 2.46 bits per heavy atom. The summed E-state index contributed by atoms with van der Waals surface area (Å²) in [7, 11) is 0. The summed E-state index contributed by atoms with van der Waals surface area (Å²) in [6, 6.07) is 11.6. The molecule has 0 atom stereocenters. The minimum absolute atomic E-state index is 0.0320. The first-order chi connectivity index (χ1) is 16.6. The Morgan fingerprint density at radius 2 is 1.77 bits per heavy atom. The van der Waals surface area contributed by atoms with E-state index < -0.39 is 41.3 Å². The molecule has 0 saturated carbocycles. The molecule has 0 spiro atoms. The van der Waals surface area contributed by atoms with Gasteiger partial charge in [-0.25, -0.2) is 13.8 Å². The number of carbonyl (C=O) groups is 1. The second-order valence-electron chi connectivity index (χ2n) is 7.89. The van der Waals surface area contributed by atoms with Gasteiger partial charge in [-0.1, -0.05) is 18.2 Å². The van der Waals surface area contributed by atoms with E-state index in [1.165, 1.54) is 6.07 Å². The molecule has 4 aromatic rings. The molecule has 0 bridgehead atoms. The SMILES string of the molecule is O=C(O)CCNCc1ccc2nc(-c3ccc(Cc4c(F)cccc4F)c(C(F)(F)F)c3)oc2c1. The molecule has 35 heavy (non-hydrogen) atoms. The number of aromatic nitrogens is 1. The van der Waals surface area contributed by atoms with Gasteiger partial charge in [0.25, 0.3) is 0 Å². The van der Waals surface area contributed by atoms with E-state index in [9.17, 15) is 26.7 Å². The van der Waals surface area contributed by atoms with E-state index in [1.54, 1.807) is 18.2 Å². The molecular weight excluding hydrogens is 471 g/mol. The maximum absolute atomic E-state index is 14.0. The fraction of sp³-hybridized carbons (Fsp3) is 0.200. The second kappa shape index (κ2) is 9.83.